The highest BCUT2D eigenvalue weighted by atomic mass is 35.5. The van der Waals surface area contributed by atoms with Crippen molar-refractivity contribution in [3.63, 3.8) is 0 Å². The molecule has 1 heterocycles. The molecule has 1 aromatic rings. The Bertz CT molecular complexity index is 508. The minimum absolute atomic E-state index is 0.323. The second-order valence-electron chi connectivity index (χ2n) is 4.86. The van der Waals surface area contributed by atoms with Gasteiger partial charge in [0.2, 0.25) is 10.0 Å². The van der Waals surface area contributed by atoms with Crippen LogP contribution in [0, 0.1) is 5.92 Å². The number of hydrogen-bond donors (Lipinski definition) is 1. The molecule has 19 heavy (non-hydrogen) atoms. The van der Waals surface area contributed by atoms with E-state index in [1.807, 2.05) is 7.05 Å². The van der Waals surface area contributed by atoms with E-state index in [0.29, 0.717) is 28.9 Å². The van der Waals surface area contributed by atoms with Crippen molar-refractivity contribution in [1.82, 2.24) is 9.62 Å². The van der Waals surface area contributed by atoms with E-state index in [0.717, 1.165) is 19.4 Å². The monoisotopic (exact) mass is 302 g/mol. The molecular weight excluding hydrogens is 284 g/mol. The van der Waals surface area contributed by atoms with Crippen LogP contribution in [0.4, 0.5) is 0 Å². The summed E-state index contributed by atoms with van der Waals surface area (Å²) < 4.78 is 26.4. The summed E-state index contributed by atoms with van der Waals surface area (Å²) in [4.78, 5) is 0.323. The molecule has 4 nitrogen and oxygen atoms in total. The normalized spacial score (nSPS) is 18.6. The summed E-state index contributed by atoms with van der Waals surface area (Å²) in [5.41, 5.74) is 0. The third kappa shape index (κ3) is 3.48. The number of nitrogens with one attached hydrogen (secondary N) is 1. The largest absolute Gasteiger partial charge is 0.319 e. The zero-order chi connectivity index (χ0) is 13.9. The minimum Gasteiger partial charge on any atom is -0.319 e. The van der Waals surface area contributed by atoms with Crippen LogP contribution in [-0.4, -0.2) is 39.4 Å². The van der Waals surface area contributed by atoms with Crippen LogP contribution in [0.25, 0.3) is 0 Å². The van der Waals surface area contributed by atoms with Gasteiger partial charge in [0.05, 0.1) is 4.90 Å². The van der Waals surface area contributed by atoms with E-state index in [1.165, 1.54) is 0 Å². The summed E-state index contributed by atoms with van der Waals surface area (Å²) in [7, 11) is -1.44. The zero-order valence-corrected chi connectivity index (χ0v) is 12.5. The molecule has 0 atom stereocenters. The van der Waals surface area contributed by atoms with Crippen LogP contribution in [0.2, 0.25) is 5.02 Å². The van der Waals surface area contributed by atoms with Crippen LogP contribution in [-0.2, 0) is 10.0 Å². The SMILES string of the molecule is CNCC1CCN(S(=O)(=O)c2ccc(Cl)cc2)CC1. The van der Waals surface area contributed by atoms with Crippen molar-refractivity contribution in [1.29, 1.82) is 0 Å². The molecule has 2 rings (SSSR count). The molecule has 1 N–H and O–H groups in total. The fourth-order valence-electron chi connectivity index (χ4n) is 2.40. The maximum absolute atomic E-state index is 12.4. The van der Waals surface area contributed by atoms with Gasteiger partial charge in [-0.3, -0.25) is 0 Å². The van der Waals surface area contributed by atoms with E-state index in [2.05, 4.69) is 5.32 Å². The van der Waals surface area contributed by atoms with Crippen molar-refractivity contribution in [2.75, 3.05) is 26.7 Å². The molecule has 0 radical (unpaired) electrons. The number of halogens is 1. The quantitative estimate of drug-likeness (QED) is 0.925. The van der Waals surface area contributed by atoms with Crippen molar-refractivity contribution in [3.05, 3.63) is 29.3 Å². The molecule has 106 valence electrons. The smallest absolute Gasteiger partial charge is 0.243 e. The molecule has 1 aliphatic heterocycles. The number of hydrogen-bond acceptors (Lipinski definition) is 3. The first-order valence-corrected chi connectivity index (χ1v) is 8.26. The van der Waals surface area contributed by atoms with Crippen molar-refractivity contribution in [3.8, 4) is 0 Å². The van der Waals surface area contributed by atoms with Crippen LogP contribution >= 0.6 is 11.6 Å². The van der Waals surface area contributed by atoms with Crippen LogP contribution in [0.1, 0.15) is 12.8 Å². The summed E-state index contributed by atoms with van der Waals surface area (Å²) >= 11 is 5.79. The van der Waals surface area contributed by atoms with Crippen molar-refractivity contribution in [2.45, 2.75) is 17.7 Å². The number of benzene rings is 1. The Morgan fingerprint density at radius 3 is 2.37 bits per heavy atom. The Hall–Kier alpha value is -0.620. The fraction of sp³-hybridized carbons (Fsp3) is 0.538. The molecule has 0 bridgehead atoms. The first kappa shape index (κ1) is 14.8. The first-order valence-electron chi connectivity index (χ1n) is 6.44. The van der Waals surface area contributed by atoms with Gasteiger partial charge in [-0.15, -0.1) is 0 Å². The van der Waals surface area contributed by atoms with E-state index in [-0.39, 0.29) is 0 Å². The van der Waals surface area contributed by atoms with Gasteiger partial charge >= 0.3 is 0 Å². The number of rotatable bonds is 4. The summed E-state index contributed by atoms with van der Waals surface area (Å²) in [5.74, 6) is 0.571. The highest BCUT2D eigenvalue weighted by Gasteiger charge is 2.28. The molecular formula is C13H19ClN2O2S. The van der Waals surface area contributed by atoms with Crippen LogP contribution in [0.5, 0.6) is 0 Å². The summed E-state index contributed by atoms with van der Waals surface area (Å²) in [5, 5.41) is 3.69. The Morgan fingerprint density at radius 2 is 1.84 bits per heavy atom. The number of piperidine rings is 1. The minimum atomic E-state index is -3.36. The van der Waals surface area contributed by atoms with Gasteiger partial charge in [-0.1, -0.05) is 11.6 Å². The van der Waals surface area contributed by atoms with Crippen LogP contribution in [0.3, 0.4) is 0 Å². The zero-order valence-electron chi connectivity index (χ0n) is 11.0. The lowest BCUT2D eigenvalue weighted by Crippen LogP contribution is -2.40. The maximum atomic E-state index is 12.4. The molecule has 1 saturated heterocycles. The molecule has 6 heteroatoms. The highest BCUT2D eigenvalue weighted by molar-refractivity contribution is 7.89. The lowest BCUT2D eigenvalue weighted by molar-refractivity contribution is 0.270. The van der Waals surface area contributed by atoms with Gasteiger partial charge in [-0.25, -0.2) is 8.42 Å². The Balaban J connectivity index is 2.07. The number of nitrogens with zero attached hydrogens (tertiary/aromatic N) is 1. The van der Waals surface area contributed by atoms with E-state index in [1.54, 1.807) is 28.6 Å². The standard InChI is InChI=1S/C13H19ClN2O2S/c1-15-10-11-6-8-16(9-7-11)19(17,18)13-4-2-12(14)3-5-13/h2-5,11,15H,6-10H2,1H3. The third-order valence-electron chi connectivity index (χ3n) is 3.52. The summed E-state index contributed by atoms with van der Waals surface area (Å²) in [6.45, 7) is 2.14. The van der Waals surface area contributed by atoms with Gasteiger partial charge in [-0.2, -0.15) is 4.31 Å². The molecule has 0 amide bonds. The van der Waals surface area contributed by atoms with Gasteiger partial charge < -0.3 is 5.32 Å². The molecule has 0 saturated carbocycles. The second-order valence-corrected chi connectivity index (χ2v) is 7.23. The first-order chi connectivity index (χ1) is 9.04. The fourth-order valence-corrected chi connectivity index (χ4v) is 3.99. The Kier molecular flexibility index (Phi) is 4.84. The van der Waals surface area contributed by atoms with Crippen LogP contribution < -0.4 is 5.32 Å². The summed E-state index contributed by atoms with van der Waals surface area (Å²) in [6, 6.07) is 6.36. The van der Waals surface area contributed by atoms with Gasteiger partial charge in [0.1, 0.15) is 0 Å². The Morgan fingerprint density at radius 1 is 1.26 bits per heavy atom. The maximum Gasteiger partial charge on any atom is 0.243 e. The molecule has 0 aliphatic carbocycles. The molecule has 0 spiro atoms. The highest BCUT2D eigenvalue weighted by Crippen LogP contribution is 2.24. The molecule has 0 aromatic heterocycles. The van der Waals surface area contributed by atoms with Gasteiger partial charge in [-0.05, 0) is 56.6 Å². The Labute approximate surface area is 119 Å². The van der Waals surface area contributed by atoms with Gasteiger partial charge in [0.25, 0.3) is 0 Å². The van der Waals surface area contributed by atoms with Crippen molar-refractivity contribution in [2.24, 2.45) is 5.92 Å². The molecule has 1 fully saturated rings. The van der Waals surface area contributed by atoms with Crippen molar-refractivity contribution >= 4 is 21.6 Å². The average Bonchev–Trinajstić information content (AvgIpc) is 2.40. The van der Waals surface area contributed by atoms with E-state index in [4.69, 9.17) is 11.6 Å². The molecule has 1 aliphatic rings. The second kappa shape index (κ2) is 6.22. The van der Waals surface area contributed by atoms with Gasteiger partial charge in [0, 0.05) is 18.1 Å². The predicted octanol–water partition coefficient (Wildman–Crippen LogP) is 1.96. The van der Waals surface area contributed by atoms with Crippen LogP contribution in [0.15, 0.2) is 29.2 Å². The van der Waals surface area contributed by atoms with E-state index < -0.39 is 10.0 Å². The molecule has 0 unspecified atom stereocenters. The lowest BCUT2D eigenvalue weighted by atomic mass is 9.98. The van der Waals surface area contributed by atoms with E-state index in [9.17, 15) is 8.42 Å². The summed E-state index contributed by atoms with van der Waals surface area (Å²) in [6.07, 6.45) is 1.82. The predicted molar refractivity (Wildman–Crippen MR) is 76.9 cm³/mol. The van der Waals surface area contributed by atoms with Gasteiger partial charge in [0.15, 0.2) is 0 Å². The average molecular weight is 303 g/mol. The number of sulfonamides is 1. The van der Waals surface area contributed by atoms with Crippen molar-refractivity contribution < 1.29 is 8.42 Å². The molecule has 1 aromatic carbocycles. The van der Waals surface area contributed by atoms with E-state index >= 15 is 0 Å². The third-order valence-corrected chi connectivity index (χ3v) is 5.68. The lowest BCUT2D eigenvalue weighted by Gasteiger charge is -2.31. The topological polar surface area (TPSA) is 49.4 Å².